The van der Waals surface area contributed by atoms with Crippen LogP contribution in [-0.2, 0) is 4.79 Å². The molecule has 0 spiro atoms. The van der Waals surface area contributed by atoms with E-state index in [0.29, 0.717) is 6.42 Å². The van der Waals surface area contributed by atoms with Gasteiger partial charge in [-0.25, -0.2) is 4.79 Å². The van der Waals surface area contributed by atoms with Gasteiger partial charge in [-0.2, -0.15) is 0 Å². The molecule has 1 unspecified atom stereocenters. The topological polar surface area (TPSA) is 77.8 Å². The molecule has 0 amide bonds. The first-order valence-electron chi connectivity index (χ1n) is 8.81. The maximum absolute atomic E-state index is 10.4. The van der Waals surface area contributed by atoms with E-state index in [4.69, 9.17) is 10.2 Å². The van der Waals surface area contributed by atoms with Crippen LogP contribution in [0.25, 0.3) is 0 Å². The number of carboxylic acid groups (broad SMARTS) is 1. The van der Waals surface area contributed by atoms with Gasteiger partial charge in [-0.15, -0.1) is 0 Å². The zero-order valence-corrected chi connectivity index (χ0v) is 14.0. The highest BCUT2D eigenvalue weighted by Crippen LogP contribution is 2.10. The van der Waals surface area contributed by atoms with Crippen molar-refractivity contribution in [2.75, 3.05) is 0 Å². The second-order valence-corrected chi connectivity index (χ2v) is 6.06. The molecule has 4 heteroatoms. The van der Waals surface area contributed by atoms with Crippen molar-refractivity contribution in [1.29, 1.82) is 0 Å². The number of aliphatic carboxylic acids is 1. The molecule has 0 saturated heterocycles. The van der Waals surface area contributed by atoms with E-state index >= 15 is 0 Å². The van der Waals surface area contributed by atoms with E-state index in [2.05, 4.69) is 19.1 Å². The largest absolute Gasteiger partial charge is 0.479 e. The first kappa shape index (κ1) is 21.1. The average molecular weight is 314 g/mol. The summed E-state index contributed by atoms with van der Waals surface area (Å²) >= 11 is 0. The van der Waals surface area contributed by atoms with Crippen LogP contribution in [0.2, 0.25) is 0 Å². The number of carbonyl (C=O) groups is 1. The summed E-state index contributed by atoms with van der Waals surface area (Å²) in [5.74, 6) is -1.13. The van der Waals surface area contributed by atoms with Crippen LogP contribution in [0.3, 0.4) is 0 Å². The fourth-order valence-electron chi connectivity index (χ4n) is 2.37. The molecule has 0 rings (SSSR count). The molecule has 0 bridgehead atoms. The zero-order chi connectivity index (χ0) is 16.6. The van der Waals surface area contributed by atoms with Gasteiger partial charge in [0.15, 0.2) is 6.10 Å². The number of unbranched alkanes of at least 4 members (excludes halogenated alkanes) is 7. The van der Waals surface area contributed by atoms with Crippen molar-refractivity contribution in [3.8, 4) is 0 Å². The van der Waals surface area contributed by atoms with Gasteiger partial charge in [-0.3, -0.25) is 0 Å². The minimum Gasteiger partial charge on any atom is -0.479 e. The Balaban J connectivity index is 3.34. The number of aliphatic hydroxyl groups excluding tert-OH is 2. The van der Waals surface area contributed by atoms with E-state index in [1.165, 1.54) is 19.3 Å². The predicted octanol–water partition coefficient (Wildman–Crippen LogP) is 4.05. The smallest absolute Gasteiger partial charge is 0.332 e. The standard InChI is InChI=1S/C18H34O4/c1-2-3-4-10-13-16(19)14-11-8-6-5-7-9-12-15-17(20)18(21)22/h8,11,16-17,19-20H,2-7,9-10,12-15H2,1H3,(H,21,22)/t16-,17?/m1/s1. The Morgan fingerprint density at radius 2 is 1.55 bits per heavy atom. The molecular weight excluding hydrogens is 280 g/mol. The fraction of sp³-hybridized carbons (Fsp3) is 0.833. The van der Waals surface area contributed by atoms with Crippen LogP contribution in [0.1, 0.15) is 84.0 Å². The van der Waals surface area contributed by atoms with Crippen molar-refractivity contribution in [3.63, 3.8) is 0 Å². The molecule has 0 heterocycles. The normalized spacial score (nSPS) is 14.3. The van der Waals surface area contributed by atoms with Gasteiger partial charge in [0.25, 0.3) is 0 Å². The molecule has 4 nitrogen and oxygen atoms in total. The lowest BCUT2D eigenvalue weighted by Gasteiger charge is -2.07. The van der Waals surface area contributed by atoms with E-state index in [1.807, 2.05) is 0 Å². The monoisotopic (exact) mass is 314 g/mol. The third kappa shape index (κ3) is 14.1. The van der Waals surface area contributed by atoms with Gasteiger partial charge < -0.3 is 15.3 Å². The fourth-order valence-corrected chi connectivity index (χ4v) is 2.37. The summed E-state index contributed by atoms with van der Waals surface area (Å²) in [5, 5.41) is 27.4. The SMILES string of the molecule is CCCCCC[C@@H](O)CC=CCCCCCCC(O)C(=O)O. The van der Waals surface area contributed by atoms with Gasteiger partial charge in [0.2, 0.25) is 0 Å². The molecule has 0 saturated carbocycles. The highest BCUT2D eigenvalue weighted by molar-refractivity contribution is 5.71. The molecule has 0 aromatic carbocycles. The number of allylic oxidation sites excluding steroid dienone is 1. The summed E-state index contributed by atoms with van der Waals surface area (Å²) in [5.41, 5.74) is 0. The lowest BCUT2D eigenvalue weighted by molar-refractivity contribution is -0.146. The first-order valence-corrected chi connectivity index (χ1v) is 8.81. The Morgan fingerprint density at radius 3 is 2.23 bits per heavy atom. The second kappa shape index (κ2) is 15.0. The van der Waals surface area contributed by atoms with Crippen molar-refractivity contribution in [2.45, 2.75) is 96.2 Å². The quantitative estimate of drug-likeness (QED) is 0.315. The first-order chi connectivity index (χ1) is 10.6. The molecule has 130 valence electrons. The molecule has 0 aromatic heterocycles. The number of aliphatic hydroxyl groups is 2. The minimum atomic E-state index is -1.21. The Hall–Kier alpha value is -0.870. The average Bonchev–Trinajstić information content (AvgIpc) is 2.49. The number of hydrogen-bond acceptors (Lipinski definition) is 3. The van der Waals surface area contributed by atoms with Gasteiger partial charge >= 0.3 is 5.97 Å². The third-order valence-electron chi connectivity index (χ3n) is 3.85. The lowest BCUT2D eigenvalue weighted by Crippen LogP contribution is -2.18. The molecule has 0 aromatic rings. The highest BCUT2D eigenvalue weighted by Gasteiger charge is 2.11. The maximum Gasteiger partial charge on any atom is 0.332 e. The molecule has 22 heavy (non-hydrogen) atoms. The molecule has 3 N–H and O–H groups in total. The summed E-state index contributed by atoms with van der Waals surface area (Å²) in [7, 11) is 0. The number of rotatable bonds is 15. The third-order valence-corrected chi connectivity index (χ3v) is 3.85. The molecule has 0 aliphatic carbocycles. The Bertz CT molecular complexity index is 289. The summed E-state index contributed by atoms with van der Waals surface area (Å²) in [6, 6.07) is 0. The second-order valence-electron chi connectivity index (χ2n) is 6.06. The Morgan fingerprint density at radius 1 is 0.909 bits per heavy atom. The summed E-state index contributed by atoms with van der Waals surface area (Å²) in [6.45, 7) is 2.19. The van der Waals surface area contributed by atoms with Gasteiger partial charge in [0.1, 0.15) is 0 Å². The van der Waals surface area contributed by atoms with Crippen molar-refractivity contribution in [3.05, 3.63) is 12.2 Å². The van der Waals surface area contributed by atoms with Crippen LogP contribution >= 0.6 is 0 Å². The van der Waals surface area contributed by atoms with Crippen molar-refractivity contribution in [2.24, 2.45) is 0 Å². The molecule has 0 aliphatic rings. The Kier molecular flexibility index (Phi) is 14.4. The lowest BCUT2D eigenvalue weighted by atomic mass is 10.1. The van der Waals surface area contributed by atoms with Crippen molar-refractivity contribution in [1.82, 2.24) is 0 Å². The van der Waals surface area contributed by atoms with Crippen LogP contribution in [-0.4, -0.2) is 33.5 Å². The van der Waals surface area contributed by atoms with Crippen molar-refractivity contribution < 1.29 is 20.1 Å². The van der Waals surface area contributed by atoms with Crippen LogP contribution < -0.4 is 0 Å². The zero-order valence-electron chi connectivity index (χ0n) is 14.0. The van der Waals surface area contributed by atoms with Crippen LogP contribution in [0, 0.1) is 0 Å². The molecular formula is C18H34O4. The van der Waals surface area contributed by atoms with Crippen molar-refractivity contribution >= 4 is 5.97 Å². The Labute approximate surface area is 135 Å². The van der Waals surface area contributed by atoms with Gasteiger partial charge in [0.05, 0.1) is 6.10 Å². The van der Waals surface area contributed by atoms with Gasteiger partial charge in [-0.1, -0.05) is 64.0 Å². The van der Waals surface area contributed by atoms with Crippen LogP contribution in [0.15, 0.2) is 12.2 Å². The van der Waals surface area contributed by atoms with Gasteiger partial charge in [0, 0.05) is 0 Å². The van der Waals surface area contributed by atoms with E-state index in [0.717, 1.165) is 51.4 Å². The van der Waals surface area contributed by atoms with Gasteiger partial charge in [-0.05, 0) is 32.1 Å². The molecule has 2 atom stereocenters. The summed E-state index contributed by atoms with van der Waals surface area (Å²) in [6.07, 6.45) is 14.4. The molecule has 0 aliphatic heterocycles. The van der Waals surface area contributed by atoms with E-state index in [-0.39, 0.29) is 6.10 Å². The number of hydrogen-bond donors (Lipinski definition) is 3. The summed E-state index contributed by atoms with van der Waals surface area (Å²) < 4.78 is 0. The predicted molar refractivity (Wildman–Crippen MR) is 89.9 cm³/mol. The number of carboxylic acids is 1. The van der Waals surface area contributed by atoms with E-state index in [9.17, 15) is 9.90 Å². The minimum absolute atomic E-state index is 0.203. The molecule has 0 fully saturated rings. The highest BCUT2D eigenvalue weighted by atomic mass is 16.4. The van der Waals surface area contributed by atoms with Crippen LogP contribution in [0.5, 0.6) is 0 Å². The van der Waals surface area contributed by atoms with E-state index < -0.39 is 12.1 Å². The van der Waals surface area contributed by atoms with E-state index in [1.54, 1.807) is 0 Å². The molecule has 0 radical (unpaired) electrons. The van der Waals surface area contributed by atoms with Crippen LogP contribution in [0.4, 0.5) is 0 Å². The maximum atomic E-state index is 10.4. The summed E-state index contributed by atoms with van der Waals surface area (Å²) in [4.78, 5) is 10.4.